The molecule has 0 aromatic carbocycles. The Morgan fingerprint density at radius 3 is 2.61 bits per heavy atom. The van der Waals surface area contributed by atoms with Gasteiger partial charge in [-0.05, 0) is 49.4 Å². The van der Waals surface area contributed by atoms with Gasteiger partial charge in [0.25, 0.3) is 0 Å². The molecule has 2 saturated heterocycles. The van der Waals surface area contributed by atoms with Crippen molar-refractivity contribution in [3.8, 4) is 0 Å². The van der Waals surface area contributed by atoms with E-state index in [4.69, 9.17) is 0 Å². The lowest BCUT2D eigenvalue weighted by Gasteiger charge is -2.28. The minimum atomic E-state index is -3.50. The molecule has 0 bridgehead atoms. The predicted octanol–water partition coefficient (Wildman–Crippen LogP) is 2.59. The van der Waals surface area contributed by atoms with Crippen molar-refractivity contribution in [3.05, 3.63) is 42.7 Å². The second kappa shape index (κ2) is 8.45. The zero-order valence-electron chi connectivity index (χ0n) is 16.0. The second-order valence-electron chi connectivity index (χ2n) is 7.49. The molecule has 8 heteroatoms. The molecule has 0 amide bonds. The van der Waals surface area contributed by atoms with E-state index >= 15 is 0 Å². The van der Waals surface area contributed by atoms with E-state index in [0.29, 0.717) is 29.7 Å². The van der Waals surface area contributed by atoms with Gasteiger partial charge in [0.2, 0.25) is 10.0 Å². The smallest absolute Gasteiger partial charge is 0.246 e. The molecule has 7 nitrogen and oxygen atoms in total. The van der Waals surface area contributed by atoms with Gasteiger partial charge in [-0.1, -0.05) is 12.5 Å². The highest BCUT2D eigenvalue weighted by Gasteiger charge is 2.32. The van der Waals surface area contributed by atoms with E-state index in [-0.39, 0.29) is 0 Å². The van der Waals surface area contributed by atoms with Crippen LogP contribution in [0.25, 0.3) is 0 Å². The Morgan fingerprint density at radius 2 is 1.82 bits per heavy atom. The van der Waals surface area contributed by atoms with E-state index in [0.717, 1.165) is 51.1 Å². The highest BCUT2D eigenvalue weighted by molar-refractivity contribution is 7.89. The van der Waals surface area contributed by atoms with E-state index < -0.39 is 10.0 Å². The van der Waals surface area contributed by atoms with Gasteiger partial charge < -0.3 is 10.2 Å². The third-order valence-corrected chi connectivity index (χ3v) is 7.43. The Morgan fingerprint density at radius 1 is 1.00 bits per heavy atom. The third-order valence-electron chi connectivity index (χ3n) is 5.51. The first-order valence-corrected chi connectivity index (χ1v) is 11.4. The standard InChI is InChI=1S/C20H27N5O2S/c26-28(27,25-12-4-1-5-13-25)18-7-6-11-22-20(18)24-14-9-17(16-24)15-23-19-8-2-3-10-21-19/h2-3,6-8,10-11,17H,1,4-5,9,12-16H2,(H,21,23). The highest BCUT2D eigenvalue weighted by Crippen LogP contribution is 2.31. The number of sulfonamides is 1. The minimum absolute atomic E-state index is 0.343. The number of pyridine rings is 2. The number of nitrogens with zero attached hydrogens (tertiary/aromatic N) is 4. The van der Waals surface area contributed by atoms with E-state index in [9.17, 15) is 8.42 Å². The van der Waals surface area contributed by atoms with Crippen molar-refractivity contribution in [3.63, 3.8) is 0 Å². The Kier molecular flexibility index (Phi) is 5.77. The summed E-state index contributed by atoms with van der Waals surface area (Å²) in [6.45, 7) is 3.63. The molecule has 1 unspecified atom stereocenters. The number of rotatable bonds is 6. The maximum Gasteiger partial charge on any atom is 0.246 e. The van der Waals surface area contributed by atoms with Crippen LogP contribution in [-0.2, 0) is 10.0 Å². The van der Waals surface area contributed by atoms with Crippen molar-refractivity contribution in [2.24, 2.45) is 5.92 Å². The zero-order chi connectivity index (χ0) is 19.4. The number of hydrogen-bond acceptors (Lipinski definition) is 6. The largest absolute Gasteiger partial charge is 0.370 e. The average molecular weight is 402 g/mol. The number of nitrogens with one attached hydrogen (secondary N) is 1. The minimum Gasteiger partial charge on any atom is -0.370 e. The summed E-state index contributed by atoms with van der Waals surface area (Å²) in [4.78, 5) is 11.2. The van der Waals surface area contributed by atoms with Crippen LogP contribution in [0.1, 0.15) is 25.7 Å². The van der Waals surface area contributed by atoms with Crippen molar-refractivity contribution in [2.75, 3.05) is 42.9 Å². The summed E-state index contributed by atoms with van der Waals surface area (Å²) in [5.41, 5.74) is 0. The molecular formula is C20H27N5O2S. The quantitative estimate of drug-likeness (QED) is 0.802. The molecule has 2 aromatic rings. The van der Waals surface area contributed by atoms with Gasteiger partial charge >= 0.3 is 0 Å². The Labute approximate surface area is 166 Å². The van der Waals surface area contributed by atoms with Crippen LogP contribution in [-0.4, -0.2) is 55.4 Å². The van der Waals surface area contributed by atoms with Crippen molar-refractivity contribution in [1.82, 2.24) is 14.3 Å². The van der Waals surface area contributed by atoms with Crippen LogP contribution in [0.15, 0.2) is 47.6 Å². The van der Waals surface area contributed by atoms with E-state index in [1.54, 1.807) is 28.8 Å². The van der Waals surface area contributed by atoms with Crippen LogP contribution >= 0.6 is 0 Å². The van der Waals surface area contributed by atoms with Gasteiger partial charge in [-0.15, -0.1) is 0 Å². The average Bonchev–Trinajstić information content (AvgIpc) is 3.23. The summed E-state index contributed by atoms with van der Waals surface area (Å²) in [6.07, 6.45) is 7.42. The fourth-order valence-electron chi connectivity index (χ4n) is 3.97. The molecule has 28 heavy (non-hydrogen) atoms. The topological polar surface area (TPSA) is 78.4 Å². The Bertz CT molecular complexity index is 884. The maximum absolute atomic E-state index is 13.2. The zero-order valence-corrected chi connectivity index (χ0v) is 16.8. The molecule has 0 radical (unpaired) electrons. The molecule has 0 spiro atoms. The number of anilines is 2. The SMILES string of the molecule is O=S(=O)(c1cccnc1N1CCC(CNc2ccccn2)C1)N1CCCCC1. The summed E-state index contributed by atoms with van der Waals surface area (Å²) in [5.74, 6) is 1.88. The van der Waals surface area contributed by atoms with Crippen LogP contribution in [0.3, 0.4) is 0 Å². The Balaban J connectivity index is 1.46. The van der Waals surface area contributed by atoms with Crippen LogP contribution in [0, 0.1) is 5.92 Å². The molecule has 4 heterocycles. The predicted molar refractivity (Wildman–Crippen MR) is 110 cm³/mol. The van der Waals surface area contributed by atoms with Crippen LogP contribution in [0.2, 0.25) is 0 Å². The van der Waals surface area contributed by atoms with Gasteiger partial charge in [0.15, 0.2) is 0 Å². The lowest BCUT2D eigenvalue weighted by Crippen LogP contribution is -2.37. The van der Waals surface area contributed by atoms with Crippen molar-refractivity contribution in [1.29, 1.82) is 0 Å². The van der Waals surface area contributed by atoms with Gasteiger partial charge in [0.1, 0.15) is 16.5 Å². The molecule has 2 aromatic heterocycles. The molecular weight excluding hydrogens is 374 g/mol. The van der Waals surface area contributed by atoms with Gasteiger partial charge in [-0.25, -0.2) is 18.4 Å². The molecule has 2 fully saturated rings. The second-order valence-corrected chi connectivity index (χ2v) is 9.39. The normalized spacial score (nSPS) is 21.0. The maximum atomic E-state index is 13.2. The number of aromatic nitrogens is 2. The molecule has 2 aliphatic rings. The molecule has 0 aliphatic carbocycles. The van der Waals surface area contributed by atoms with Crippen molar-refractivity contribution >= 4 is 21.7 Å². The fraction of sp³-hybridized carbons (Fsp3) is 0.500. The van der Waals surface area contributed by atoms with E-state index in [1.807, 2.05) is 18.2 Å². The van der Waals surface area contributed by atoms with Crippen molar-refractivity contribution in [2.45, 2.75) is 30.6 Å². The van der Waals surface area contributed by atoms with Crippen LogP contribution in [0.5, 0.6) is 0 Å². The molecule has 1 N–H and O–H groups in total. The Hall–Kier alpha value is -2.19. The van der Waals surface area contributed by atoms with Gasteiger partial charge in [-0.2, -0.15) is 4.31 Å². The highest BCUT2D eigenvalue weighted by atomic mass is 32.2. The molecule has 1 atom stereocenters. The fourth-order valence-corrected chi connectivity index (χ4v) is 5.65. The molecule has 0 saturated carbocycles. The molecule has 4 rings (SSSR count). The number of hydrogen-bond donors (Lipinski definition) is 1. The molecule has 150 valence electrons. The summed E-state index contributed by atoms with van der Waals surface area (Å²) in [6, 6.07) is 9.23. The summed E-state index contributed by atoms with van der Waals surface area (Å²) < 4.78 is 28.0. The summed E-state index contributed by atoms with van der Waals surface area (Å²) in [7, 11) is -3.50. The summed E-state index contributed by atoms with van der Waals surface area (Å²) >= 11 is 0. The lowest BCUT2D eigenvalue weighted by molar-refractivity contribution is 0.346. The summed E-state index contributed by atoms with van der Waals surface area (Å²) in [5, 5.41) is 3.37. The van der Waals surface area contributed by atoms with E-state index in [1.165, 1.54) is 0 Å². The lowest BCUT2D eigenvalue weighted by atomic mass is 10.1. The van der Waals surface area contributed by atoms with Gasteiger partial charge in [0.05, 0.1) is 0 Å². The van der Waals surface area contributed by atoms with Gasteiger partial charge in [0, 0.05) is 45.1 Å². The van der Waals surface area contributed by atoms with Gasteiger partial charge in [-0.3, -0.25) is 0 Å². The molecule has 2 aliphatic heterocycles. The van der Waals surface area contributed by atoms with Crippen molar-refractivity contribution < 1.29 is 8.42 Å². The third kappa shape index (κ3) is 4.12. The van der Waals surface area contributed by atoms with Crippen LogP contribution < -0.4 is 10.2 Å². The number of piperidine rings is 1. The first-order valence-electron chi connectivity index (χ1n) is 9.99. The van der Waals surface area contributed by atoms with Crippen LogP contribution in [0.4, 0.5) is 11.6 Å². The van der Waals surface area contributed by atoms with E-state index in [2.05, 4.69) is 20.2 Å². The first-order chi connectivity index (χ1) is 13.6. The first kappa shape index (κ1) is 19.1. The monoisotopic (exact) mass is 401 g/mol.